The van der Waals surface area contributed by atoms with E-state index in [1.807, 2.05) is 30.5 Å². The van der Waals surface area contributed by atoms with Crippen LogP contribution >= 0.6 is 0 Å². The first-order valence-corrected chi connectivity index (χ1v) is 10.1. The third kappa shape index (κ3) is 4.23. The molecule has 0 aliphatic rings. The normalized spacial score (nSPS) is 11.4. The number of para-hydroxylation sites is 2. The summed E-state index contributed by atoms with van der Waals surface area (Å²) in [6, 6.07) is 16.6. The molecule has 0 saturated carbocycles. The average molecular weight is 371 g/mol. The van der Waals surface area contributed by atoms with E-state index in [1.54, 1.807) is 30.3 Å². The van der Waals surface area contributed by atoms with Crippen molar-refractivity contribution in [2.45, 2.75) is 6.42 Å². The van der Waals surface area contributed by atoms with Gasteiger partial charge in [0.25, 0.3) is 0 Å². The highest BCUT2D eigenvalue weighted by atomic mass is 32.2. The first-order valence-electron chi connectivity index (χ1n) is 8.29. The molecule has 1 aromatic heterocycles. The maximum Gasteiger partial charge on any atom is 0.240 e. The van der Waals surface area contributed by atoms with Crippen molar-refractivity contribution in [1.82, 2.24) is 10.3 Å². The Bertz CT molecular complexity index is 997. The van der Waals surface area contributed by atoms with Crippen LogP contribution in [0.25, 0.3) is 10.9 Å². The van der Waals surface area contributed by atoms with Crippen molar-refractivity contribution in [3.8, 4) is 0 Å². The van der Waals surface area contributed by atoms with Crippen LogP contribution in [0.5, 0.6) is 0 Å². The number of H-pyrrole nitrogens is 1. The minimum Gasteiger partial charge on any atom is -0.361 e. The zero-order valence-electron chi connectivity index (χ0n) is 14.5. The van der Waals surface area contributed by atoms with Crippen molar-refractivity contribution < 1.29 is 13.2 Å². The van der Waals surface area contributed by atoms with E-state index >= 15 is 0 Å². The Morgan fingerprint density at radius 1 is 1.08 bits per heavy atom. The van der Waals surface area contributed by atoms with Gasteiger partial charge in [-0.15, -0.1) is 0 Å². The third-order valence-electron chi connectivity index (χ3n) is 4.12. The number of aromatic nitrogens is 1. The SMILES string of the molecule is CS(=O)(=O)N(CC(=O)NCCc1c[nH]c2ccccc12)c1ccccc1. The number of carbonyl (C=O) groups excluding carboxylic acids is 1. The lowest BCUT2D eigenvalue weighted by atomic mass is 10.1. The molecule has 0 aliphatic carbocycles. The fourth-order valence-corrected chi connectivity index (χ4v) is 3.71. The highest BCUT2D eigenvalue weighted by Gasteiger charge is 2.20. The van der Waals surface area contributed by atoms with Crippen molar-refractivity contribution in [2.24, 2.45) is 0 Å². The van der Waals surface area contributed by atoms with Crippen LogP contribution in [-0.2, 0) is 21.2 Å². The summed E-state index contributed by atoms with van der Waals surface area (Å²) in [6.45, 7) is 0.198. The quantitative estimate of drug-likeness (QED) is 0.668. The molecule has 136 valence electrons. The highest BCUT2D eigenvalue weighted by Crippen LogP contribution is 2.18. The summed E-state index contributed by atoms with van der Waals surface area (Å²) in [5.74, 6) is -0.334. The Labute approximate surface area is 152 Å². The number of rotatable bonds is 7. The van der Waals surface area contributed by atoms with Gasteiger partial charge in [0.15, 0.2) is 0 Å². The molecular weight excluding hydrogens is 350 g/mol. The molecule has 3 aromatic rings. The van der Waals surface area contributed by atoms with Crippen LogP contribution in [0.15, 0.2) is 60.8 Å². The first kappa shape index (κ1) is 18.0. The van der Waals surface area contributed by atoms with E-state index in [0.717, 1.165) is 27.0 Å². The summed E-state index contributed by atoms with van der Waals surface area (Å²) in [4.78, 5) is 15.4. The maximum atomic E-state index is 12.2. The van der Waals surface area contributed by atoms with Gasteiger partial charge < -0.3 is 10.3 Å². The Balaban J connectivity index is 1.61. The average Bonchev–Trinajstić information content (AvgIpc) is 3.03. The second kappa shape index (κ2) is 7.61. The van der Waals surface area contributed by atoms with E-state index in [4.69, 9.17) is 0 Å². The molecule has 2 N–H and O–H groups in total. The molecule has 0 fully saturated rings. The summed E-state index contributed by atoms with van der Waals surface area (Å²) < 4.78 is 25.1. The molecular formula is C19H21N3O3S. The van der Waals surface area contributed by atoms with Crippen molar-refractivity contribution in [1.29, 1.82) is 0 Å². The molecule has 7 heteroatoms. The summed E-state index contributed by atoms with van der Waals surface area (Å²) in [5.41, 5.74) is 2.65. The number of aromatic amines is 1. The van der Waals surface area contributed by atoms with E-state index < -0.39 is 10.0 Å². The van der Waals surface area contributed by atoms with Gasteiger partial charge in [-0.2, -0.15) is 0 Å². The van der Waals surface area contributed by atoms with Crippen LogP contribution < -0.4 is 9.62 Å². The number of fused-ring (bicyclic) bond motifs is 1. The lowest BCUT2D eigenvalue weighted by Gasteiger charge is -2.21. The van der Waals surface area contributed by atoms with Gasteiger partial charge in [0.2, 0.25) is 15.9 Å². The molecule has 1 amide bonds. The third-order valence-corrected chi connectivity index (χ3v) is 5.26. The minimum absolute atomic E-state index is 0.239. The van der Waals surface area contributed by atoms with Gasteiger partial charge in [-0.3, -0.25) is 9.10 Å². The van der Waals surface area contributed by atoms with E-state index in [0.29, 0.717) is 18.7 Å². The van der Waals surface area contributed by atoms with E-state index in [2.05, 4.69) is 10.3 Å². The van der Waals surface area contributed by atoms with E-state index in [9.17, 15) is 13.2 Å². The monoisotopic (exact) mass is 371 g/mol. The standard InChI is InChI=1S/C19H21N3O3S/c1-26(24,25)22(16-7-3-2-4-8-16)14-19(23)20-12-11-15-13-21-18-10-6-5-9-17(15)18/h2-10,13,21H,11-12,14H2,1H3,(H,20,23). The van der Waals surface area contributed by atoms with Crippen molar-refractivity contribution in [3.05, 3.63) is 66.4 Å². The second-order valence-electron chi connectivity index (χ2n) is 6.06. The van der Waals surface area contributed by atoms with Crippen molar-refractivity contribution in [2.75, 3.05) is 23.7 Å². The second-order valence-corrected chi connectivity index (χ2v) is 7.97. The molecule has 6 nitrogen and oxygen atoms in total. The number of amides is 1. The number of benzene rings is 2. The van der Waals surface area contributed by atoms with E-state index in [-0.39, 0.29) is 12.5 Å². The van der Waals surface area contributed by atoms with Gasteiger partial charge >= 0.3 is 0 Å². The Morgan fingerprint density at radius 2 is 1.77 bits per heavy atom. The Kier molecular flexibility index (Phi) is 5.27. The molecule has 0 aliphatic heterocycles. The molecule has 0 atom stereocenters. The molecule has 0 bridgehead atoms. The zero-order chi connectivity index (χ0) is 18.6. The van der Waals surface area contributed by atoms with Crippen molar-refractivity contribution >= 4 is 32.5 Å². The lowest BCUT2D eigenvalue weighted by Crippen LogP contribution is -2.40. The predicted octanol–water partition coefficient (Wildman–Crippen LogP) is 2.29. The van der Waals surface area contributed by atoms with Gasteiger partial charge in [0.1, 0.15) is 6.54 Å². The van der Waals surface area contributed by atoms with E-state index in [1.165, 1.54) is 0 Å². The maximum absolute atomic E-state index is 12.2. The summed E-state index contributed by atoms with van der Waals surface area (Å²) >= 11 is 0. The topological polar surface area (TPSA) is 82.3 Å². The van der Waals surface area contributed by atoms with Gasteiger partial charge in [-0.05, 0) is 30.2 Å². The summed E-state index contributed by atoms with van der Waals surface area (Å²) in [6.07, 6.45) is 3.70. The molecule has 0 saturated heterocycles. The number of nitrogens with zero attached hydrogens (tertiary/aromatic N) is 1. The van der Waals surface area contributed by atoms with Gasteiger partial charge in [0.05, 0.1) is 11.9 Å². The molecule has 3 rings (SSSR count). The number of sulfonamides is 1. The molecule has 0 radical (unpaired) electrons. The molecule has 26 heavy (non-hydrogen) atoms. The molecule has 2 aromatic carbocycles. The smallest absolute Gasteiger partial charge is 0.240 e. The van der Waals surface area contributed by atoms with Gasteiger partial charge in [0, 0.05) is 23.6 Å². The minimum atomic E-state index is -3.54. The molecule has 1 heterocycles. The Hall–Kier alpha value is -2.80. The van der Waals surface area contributed by atoms with Crippen LogP contribution in [-0.4, -0.2) is 38.7 Å². The largest absolute Gasteiger partial charge is 0.361 e. The number of nitrogens with one attached hydrogen (secondary N) is 2. The molecule has 0 spiro atoms. The van der Waals surface area contributed by atoms with Gasteiger partial charge in [-0.25, -0.2) is 8.42 Å². The van der Waals surface area contributed by atoms with Crippen LogP contribution in [0.1, 0.15) is 5.56 Å². The first-order chi connectivity index (χ1) is 12.4. The fraction of sp³-hybridized carbons (Fsp3) is 0.211. The summed E-state index contributed by atoms with van der Waals surface area (Å²) in [5, 5.41) is 3.93. The lowest BCUT2D eigenvalue weighted by molar-refractivity contribution is -0.119. The fourth-order valence-electron chi connectivity index (χ4n) is 2.86. The predicted molar refractivity (Wildman–Crippen MR) is 104 cm³/mol. The number of hydrogen-bond donors (Lipinski definition) is 2. The van der Waals surface area contributed by atoms with Crippen LogP contribution in [0.2, 0.25) is 0 Å². The highest BCUT2D eigenvalue weighted by molar-refractivity contribution is 7.92. The van der Waals surface area contributed by atoms with Crippen LogP contribution in [0.4, 0.5) is 5.69 Å². The van der Waals surface area contributed by atoms with Crippen LogP contribution in [0, 0.1) is 0 Å². The number of anilines is 1. The van der Waals surface area contributed by atoms with Crippen molar-refractivity contribution in [3.63, 3.8) is 0 Å². The Morgan fingerprint density at radius 3 is 2.50 bits per heavy atom. The van der Waals surface area contributed by atoms with Gasteiger partial charge in [-0.1, -0.05) is 36.4 Å². The zero-order valence-corrected chi connectivity index (χ0v) is 15.3. The number of carbonyl (C=O) groups is 1. The summed E-state index contributed by atoms with van der Waals surface area (Å²) in [7, 11) is -3.54. The molecule has 0 unspecified atom stereocenters. The van der Waals surface area contributed by atoms with Crippen LogP contribution in [0.3, 0.4) is 0 Å². The number of hydrogen-bond acceptors (Lipinski definition) is 3.